The average Bonchev–Trinajstić information content (AvgIpc) is 2.41. The number of benzene rings is 1. The van der Waals surface area contributed by atoms with E-state index in [1.165, 1.54) is 18.3 Å². The van der Waals surface area contributed by atoms with Crippen molar-refractivity contribution >= 4 is 11.4 Å². The van der Waals surface area contributed by atoms with Gasteiger partial charge in [0.25, 0.3) is 0 Å². The summed E-state index contributed by atoms with van der Waals surface area (Å²) in [6.45, 7) is -2.89. The van der Waals surface area contributed by atoms with Gasteiger partial charge in [0.1, 0.15) is 17.5 Å². The number of aromatic nitrogens is 1. The normalized spacial score (nSPS) is 10.0. The molecule has 4 nitrogen and oxygen atoms in total. The number of hydrogen-bond donors (Lipinski definition) is 1. The molecule has 0 saturated heterocycles. The Morgan fingerprint density at radius 3 is 2.63 bits per heavy atom. The van der Waals surface area contributed by atoms with Crippen molar-refractivity contribution in [3.05, 3.63) is 48.3 Å². The summed E-state index contributed by atoms with van der Waals surface area (Å²) in [5, 5.41) is 11.5. The van der Waals surface area contributed by atoms with Crippen LogP contribution < -0.4 is 10.1 Å². The maximum absolute atomic E-state index is 12.2. The Kier molecular flexibility index (Phi) is 3.88. The molecule has 0 unspecified atom stereocenters. The van der Waals surface area contributed by atoms with Crippen LogP contribution in [0.5, 0.6) is 5.75 Å². The first kappa shape index (κ1) is 12.8. The molecular formula is C13H9F2N3O. The third-order valence-electron chi connectivity index (χ3n) is 2.26. The number of rotatable bonds is 4. The predicted octanol–water partition coefficient (Wildman–Crippen LogP) is 3.30. The summed E-state index contributed by atoms with van der Waals surface area (Å²) in [4.78, 5) is 3.87. The van der Waals surface area contributed by atoms with Gasteiger partial charge < -0.3 is 10.1 Å². The maximum atomic E-state index is 12.2. The van der Waals surface area contributed by atoms with E-state index in [1.54, 1.807) is 24.3 Å². The fourth-order valence-corrected chi connectivity index (χ4v) is 1.46. The zero-order chi connectivity index (χ0) is 13.7. The van der Waals surface area contributed by atoms with Crippen LogP contribution in [0.2, 0.25) is 0 Å². The van der Waals surface area contributed by atoms with E-state index in [9.17, 15) is 8.78 Å². The molecule has 0 spiro atoms. The van der Waals surface area contributed by atoms with Gasteiger partial charge in [-0.2, -0.15) is 14.0 Å². The van der Waals surface area contributed by atoms with E-state index in [-0.39, 0.29) is 11.4 Å². The number of nitrogens with zero attached hydrogens (tertiary/aromatic N) is 2. The van der Waals surface area contributed by atoms with E-state index in [4.69, 9.17) is 5.26 Å². The van der Waals surface area contributed by atoms with Crippen molar-refractivity contribution < 1.29 is 13.5 Å². The Labute approximate surface area is 108 Å². The highest BCUT2D eigenvalue weighted by molar-refractivity contribution is 5.65. The van der Waals surface area contributed by atoms with E-state index in [0.717, 1.165) is 0 Å². The Morgan fingerprint density at radius 2 is 2.00 bits per heavy atom. The first-order chi connectivity index (χ1) is 9.19. The smallest absolute Gasteiger partial charge is 0.387 e. The second-order valence-electron chi connectivity index (χ2n) is 3.54. The molecule has 1 N–H and O–H groups in total. The fourth-order valence-electron chi connectivity index (χ4n) is 1.46. The van der Waals surface area contributed by atoms with Gasteiger partial charge in [0.05, 0.1) is 17.6 Å². The molecule has 0 bridgehead atoms. The topological polar surface area (TPSA) is 57.9 Å². The molecule has 0 saturated carbocycles. The highest BCUT2D eigenvalue weighted by Gasteiger charge is 2.09. The molecule has 0 atom stereocenters. The molecule has 0 aliphatic carbocycles. The minimum absolute atomic E-state index is 0.0434. The molecule has 6 heteroatoms. The van der Waals surface area contributed by atoms with Crippen LogP contribution in [0.4, 0.5) is 20.2 Å². The van der Waals surface area contributed by atoms with Crippen molar-refractivity contribution in [2.24, 2.45) is 0 Å². The highest BCUT2D eigenvalue weighted by Crippen LogP contribution is 2.28. The number of nitrogens with one attached hydrogen (secondary N) is 1. The Balaban J connectivity index is 2.20. The summed E-state index contributed by atoms with van der Waals surface area (Å²) in [7, 11) is 0. The molecular weight excluding hydrogens is 252 g/mol. The van der Waals surface area contributed by atoms with E-state index in [0.29, 0.717) is 11.4 Å². The van der Waals surface area contributed by atoms with Gasteiger partial charge in [-0.15, -0.1) is 0 Å². The molecule has 1 aromatic carbocycles. The Hall–Kier alpha value is -2.68. The summed E-state index contributed by atoms with van der Waals surface area (Å²) in [6.07, 6.45) is 1.44. The molecule has 0 aliphatic heterocycles. The van der Waals surface area contributed by atoms with Gasteiger partial charge in [0.15, 0.2) is 0 Å². The molecule has 96 valence electrons. The van der Waals surface area contributed by atoms with Crippen LogP contribution >= 0.6 is 0 Å². The third kappa shape index (κ3) is 3.39. The number of halogens is 2. The number of alkyl halides is 2. The van der Waals surface area contributed by atoms with E-state index < -0.39 is 6.61 Å². The van der Waals surface area contributed by atoms with E-state index in [2.05, 4.69) is 15.0 Å². The fraction of sp³-hybridized carbons (Fsp3) is 0.0769. The minimum atomic E-state index is -2.89. The van der Waals surface area contributed by atoms with Crippen molar-refractivity contribution in [1.82, 2.24) is 4.98 Å². The molecule has 0 amide bonds. The van der Waals surface area contributed by atoms with Crippen LogP contribution in [0.15, 0.2) is 42.6 Å². The van der Waals surface area contributed by atoms with Crippen molar-refractivity contribution in [3.63, 3.8) is 0 Å². The molecule has 0 radical (unpaired) electrons. The van der Waals surface area contributed by atoms with Crippen molar-refractivity contribution in [1.29, 1.82) is 5.26 Å². The lowest BCUT2D eigenvalue weighted by atomic mass is 10.2. The SMILES string of the molecule is N#Cc1ccc(Nc2ccccc2OC(F)F)cn1. The van der Waals surface area contributed by atoms with Gasteiger partial charge in [-0.25, -0.2) is 4.98 Å². The van der Waals surface area contributed by atoms with Crippen molar-refractivity contribution in [3.8, 4) is 11.8 Å². The predicted molar refractivity (Wildman–Crippen MR) is 65.3 cm³/mol. The monoisotopic (exact) mass is 261 g/mol. The van der Waals surface area contributed by atoms with Crippen LogP contribution in [-0.2, 0) is 0 Å². The second kappa shape index (κ2) is 5.78. The molecule has 0 aliphatic rings. The van der Waals surface area contributed by atoms with Crippen LogP contribution in [0.25, 0.3) is 0 Å². The first-order valence-corrected chi connectivity index (χ1v) is 5.36. The summed E-state index contributed by atoms with van der Waals surface area (Å²) < 4.78 is 28.9. The quantitative estimate of drug-likeness (QED) is 0.917. The number of ether oxygens (including phenoxy) is 1. The van der Waals surface area contributed by atoms with E-state index >= 15 is 0 Å². The molecule has 1 heterocycles. The summed E-state index contributed by atoms with van der Waals surface area (Å²) in [6, 6.07) is 11.4. The van der Waals surface area contributed by atoms with Gasteiger partial charge in [-0.1, -0.05) is 12.1 Å². The molecule has 2 aromatic rings. The Bertz CT molecular complexity index is 594. The standard InChI is InChI=1S/C13H9F2N3O/c14-13(15)19-12-4-2-1-3-11(12)18-10-6-5-9(7-16)17-8-10/h1-6,8,13,18H. The molecule has 0 fully saturated rings. The number of hydrogen-bond acceptors (Lipinski definition) is 4. The highest BCUT2D eigenvalue weighted by atomic mass is 19.3. The lowest BCUT2D eigenvalue weighted by Crippen LogP contribution is -2.04. The van der Waals surface area contributed by atoms with E-state index in [1.807, 2.05) is 6.07 Å². The van der Waals surface area contributed by atoms with Gasteiger partial charge in [0.2, 0.25) is 0 Å². The zero-order valence-corrected chi connectivity index (χ0v) is 9.68. The van der Waals surface area contributed by atoms with Crippen LogP contribution in [0, 0.1) is 11.3 Å². The first-order valence-electron chi connectivity index (χ1n) is 5.36. The molecule has 1 aromatic heterocycles. The number of nitriles is 1. The second-order valence-corrected chi connectivity index (χ2v) is 3.54. The summed E-state index contributed by atoms with van der Waals surface area (Å²) >= 11 is 0. The van der Waals surface area contributed by atoms with Gasteiger partial charge in [0, 0.05) is 0 Å². The minimum Gasteiger partial charge on any atom is -0.433 e. The van der Waals surface area contributed by atoms with Crippen molar-refractivity contribution in [2.75, 3.05) is 5.32 Å². The van der Waals surface area contributed by atoms with Crippen molar-refractivity contribution in [2.45, 2.75) is 6.61 Å². The van der Waals surface area contributed by atoms with Crippen LogP contribution in [-0.4, -0.2) is 11.6 Å². The molecule has 19 heavy (non-hydrogen) atoms. The third-order valence-corrected chi connectivity index (χ3v) is 2.26. The lowest BCUT2D eigenvalue weighted by Gasteiger charge is -2.12. The summed E-state index contributed by atoms with van der Waals surface area (Å²) in [5.74, 6) is 0.0434. The zero-order valence-electron chi connectivity index (χ0n) is 9.68. The summed E-state index contributed by atoms with van der Waals surface area (Å²) in [5.41, 5.74) is 1.25. The lowest BCUT2D eigenvalue weighted by molar-refractivity contribution is -0.0493. The number of pyridine rings is 1. The molecule has 2 rings (SSSR count). The Morgan fingerprint density at radius 1 is 1.21 bits per heavy atom. The van der Waals surface area contributed by atoms with Gasteiger partial charge in [-0.05, 0) is 24.3 Å². The van der Waals surface area contributed by atoms with Gasteiger partial charge in [-0.3, -0.25) is 0 Å². The van der Waals surface area contributed by atoms with Crippen LogP contribution in [0.1, 0.15) is 5.69 Å². The average molecular weight is 261 g/mol. The largest absolute Gasteiger partial charge is 0.433 e. The number of para-hydroxylation sites is 2. The maximum Gasteiger partial charge on any atom is 0.387 e. The van der Waals surface area contributed by atoms with Crippen LogP contribution in [0.3, 0.4) is 0 Å². The number of anilines is 2. The van der Waals surface area contributed by atoms with Gasteiger partial charge >= 0.3 is 6.61 Å².